The van der Waals surface area contributed by atoms with E-state index < -0.39 is 0 Å². The highest BCUT2D eigenvalue weighted by atomic mass is 35.5. The molecule has 2 aromatic rings. The SMILES string of the molecule is CCN1c2cc(Cl)c(/C=N\Nc3ccccc3)cc2C(C)=CC1(C)C. The quantitative estimate of drug-likeness (QED) is 0.555. The average Bonchev–Trinajstić information content (AvgIpc) is 2.56. The van der Waals surface area contributed by atoms with Gasteiger partial charge in [0.2, 0.25) is 0 Å². The third-order valence-electron chi connectivity index (χ3n) is 4.58. The summed E-state index contributed by atoms with van der Waals surface area (Å²) in [5, 5.41) is 5.03. The van der Waals surface area contributed by atoms with Gasteiger partial charge in [-0.3, -0.25) is 5.43 Å². The smallest absolute Gasteiger partial charge is 0.0561 e. The molecule has 0 atom stereocenters. The molecule has 0 radical (unpaired) electrons. The summed E-state index contributed by atoms with van der Waals surface area (Å²) in [7, 11) is 0. The third kappa shape index (κ3) is 3.57. The standard InChI is InChI=1S/C21H24ClN3/c1-5-25-20-12-19(22)16(11-18(20)15(2)13-21(25,3)4)14-23-24-17-9-7-6-8-10-17/h6-14,24H,5H2,1-4H3/b23-14-. The molecule has 0 saturated heterocycles. The Bertz CT molecular complexity index is 823. The first-order valence-corrected chi connectivity index (χ1v) is 8.95. The Balaban J connectivity index is 1.93. The van der Waals surface area contributed by atoms with Gasteiger partial charge in [-0.25, -0.2) is 0 Å². The van der Waals surface area contributed by atoms with Crippen molar-refractivity contribution in [2.45, 2.75) is 33.2 Å². The van der Waals surface area contributed by atoms with Crippen LogP contribution in [0, 0.1) is 0 Å². The van der Waals surface area contributed by atoms with Crippen LogP contribution in [0.1, 0.15) is 38.8 Å². The minimum atomic E-state index is -0.0143. The van der Waals surface area contributed by atoms with E-state index in [1.807, 2.05) is 30.3 Å². The molecule has 1 aliphatic rings. The molecule has 3 nitrogen and oxygen atoms in total. The molecule has 0 unspecified atom stereocenters. The highest BCUT2D eigenvalue weighted by Crippen LogP contribution is 2.40. The van der Waals surface area contributed by atoms with E-state index in [-0.39, 0.29) is 5.54 Å². The van der Waals surface area contributed by atoms with Crippen molar-refractivity contribution < 1.29 is 0 Å². The number of halogens is 1. The van der Waals surface area contributed by atoms with Crippen molar-refractivity contribution in [1.82, 2.24) is 0 Å². The summed E-state index contributed by atoms with van der Waals surface area (Å²) in [6.45, 7) is 9.73. The Morgan fingerprint density at radius 3 is 2.60 bits per heavy atom. The van der Waals surface area contributed by atoms with Crippen LogP contribution in [0.3, 0.4) is 0 Å². The highest BCUT2D eigenvalue weighted by molar-refractivity contribution is 6.33. The molecule has 25 heavy (non-hydrogen) atoms. The Hall–Kier alpha value is -2.26. The lowest BCUT2D eigenvalue weighted by molar-refractivity contribution is 0.566. The summed E-state index contributed by atoms with van der Waals surface area (Å²) in [5.41, 5.74) is 8.54. The predicted octanol–water partition coefficient (Wildman–Crippen LogP) is 5.81. The molecular formula is C21H24ClN3. The largest absolute Gasteiger partial charge is 0.363 e. The number of likely N-dealkylation sites (N-methyl/N-ethyl adjacent to an activating group) is 1. The summed E-state index contributed by atoms with van der Waals surface area (Å²) in [4.78, 5) is 2.38. The average molecular weight is 354 g/mol. The van der Waals surface area contributed by atoms with Gasteiger partial charge in [0.15, 0.2) is 0 Å². The van der Waals surface area contributed by atoms with Crippen LogP contribution >= 0.6 is 11.6 Å². The zero-order valence-corrected chi connectivity index (χ0v) is 15.9. The van der Waals surface area contributed by atoms with E-state index in [1.165, 1.54) is 16.8 Å². The Kier molecular flexibility index (Phi) is 4.87. The van der Waals surface area contributed by atoms with Gasteiger partial charge in [-0.15, -0.1) is 0 Å². The molecule has 0 amide bonds. The minimum Gasteiger partial charge on any atom is -0.363 e. The summed E-state index contributed by atoms with van der Waals surface area (Å²) < 4.78 is 0. The van der Waals surface area contributed by atoms with Crippen LogP contribution in [0.25, 0.3) is 5.57 Å². The maximum absolute atomic E-state index is 6.54. The summed E-state index contributed by atoms with van der Waals surface area (Å²) in [6.07, 6.45) is 4.09. The van der Waals surface area contributed by atoms with Crippen molar-refractivity contribution in [3.63, 3.8) is 0 Å². The van der Waals surface area contributed by atoms with Crippen molar-refractivity contribution in [1.29, 1.82) is 0 Å². The van der Waals surface area contributed by atoms with Gasteiger partial charge in [0, 0.05) is 23.4 Å². The number of benzene rings is 2. The number of hydrogen-bond acceptors (Lipinski definition) is 3. The van der Waals surface area contributed by atoms with E-state index in [9.17, 15) is 0 Å². The third-order valence-corrected chi connectivity index (χ3v) is 4.91. The summed E-state index contributed by atoms with van der Waals surface area (Å²) in [6, 6.07) is 14.0. The predicted molar refractivity (Wildman–Crippen MR) is 110 cm³/mol. The molecule has 0 aliphatic carbocycles. The second-order valence-corrected chi connectivity index (χ2v) is 7.26. The number of hydrazone groups is 1. The molecule has 1 N–H and O–H groups in total. The Morgan fingerprint density at radius 2 is 1.92 bits per heavy atom. The number of nitrogens with one attached hydrogen (secondary N) is 1. The molecule has 0 bridgehead atoms. The fraction of sp³-hybridized carbons (Fsp3) is 0.286. The van der Waals surface area contributed by atoms with E-state index in [1.54, 1.807) is 6.21 Å². The van der Waals surface area contributed by atoms with Crippen LogP contribution in [0.15, 0.2) is 53.6 Å². The number of allylic oxidation sites excluding steroid dienone is 1. The minimum absolute atomic E-state index is 0.0143. The van der Waals surface area contributed by atoms with Crippen LogP contribution in [0.2, 0.25) is 5.02 Å². The lowest BCUT2D eigenvalue weighted by Crippen LogP contribution is -2.44. The van der Waals surface area contributed by atoms with Gasteiger partial charge in [-0.1, -0.05) is 35.9 Å². The zero-order valence-electron chi connectivity index (χ0n) is 15.2. The van der Waals surface area contributed by atoms with Crippen LogP contribution < -0.4 is 10.3 Å². The lowest BCUT2D eigenvalue weighted by atomic mass is 9.88. The molecule has 4 heteroatoms. The number of fused-ring (bicyclic) bond motifs is 1. The van der Waals surface area contributed by atoms with Gasteiger partial charge in [0.05, 0.1) is 22.5 Å². The fourth-order valence-corrected chi connectivity index (χ4v) is 3.69. The molecule has 1 heterocycles. The molecule has 3 rings (SSSR count). The summed E-state index contributed by atoms with van der Waals surface area (Å²) in [5.74, 6) is 0. The number of para-hydroxylation sites is 1. The van der Waals surface area contributed by atoms with Gasteiger partial charge in [-0.05, 0) is 57.5 Å². The first-order chi connectivity index (χ1) is 11.9. The van der Waals surface area contributed by atoms with Gasteiger partial charge in [0.25, 0.3) is 0 Å². The molecule has 0 fully saturated rings. The highest BCUT2D eigenvalue weighted by Gasteiger charge is 2.30. The first kappa shape index (κ1) is 17.6. The van der Waals surface area contributed by atoms with Crippen molar-refractivity contribution >= 4 is 34.8 Å². The topological polar surface area (TPSA) is 27.6 Å². The van der Waals surface area contributed by atoms with Gasteiger partial charge in [-0.2, -0.15) is 5.10 Å². The van der Waals surface area contributed by atoms with Crippen molar-refractivity contribution in [2.75, 3.05) is 16.9 Å². The summed E-state index contributed by atoms with van der Waals surface area (Å²) >= 11 is 6.54. The van der Waals surface area contributed by atoms with Crippen LogP contribution in [0.5, 0.6) is 0 Å². The van der Waals surface area contributed by atoms with E-state index in [2.05, 4.69) is 61.3 Å². The molecule has 0 spiro atoms. The van der Waals surface area contributed by atoms with Gasteiger partial charge >= 0.3 is 0 Å². The number of hydrogen-bond donors (Lipinski definition) is 1. The van der Waals surface area contributed by atoms with Crippen LogP contribution in [-0.4, -0.2) is 18.3 Å². The van der Waals surface area contributed by atoms with Crippen molar-refractivity contribution in [3.05, 3.63) is 64.7 Å². The molecular weight excluding hydrogens is 330 g/mol. The Morgan fingerprint density at radius 1 is 1.20 bits per heavy atom. The maximum Gasteiger partial charge on any atom is 0.0561 e. The second-order valence-electron chi connectivity index (χ2n) is 6.85. The second kappa shape index (κ2) is 6.93. The monoisotopic (exact) mass is 353 g/mol. The maximum atomic E-state index is 6.54. The van der Waals surface area contributed by atoms with Crippen LogP contribution in [0.4, 0.5) is 11.4 Å². The zero-order chi connectivity index (χ0) is 18.0. The number of nitrogens with zero attached hydrogens (tertiary/aromatic N) is 2. The molecule has 0 saturated carbocycles. The van der Waals surface area contributed by atoms with Crippen molar-refractivity contribution in [3.8, 4) is 0 Å². The lowest BCUT2D eigenvalue weighted by Gasteiger charge is -2.43. The van der Waals surface area contributed by atoms with E-state index in [0.29, 0.717) is 5.02 Å². The number of rotatable bonds is 4. The van der Waals surface area contributed by atoms with Gasteiger partial charge in [0.1, 0.15) is 0 Å². The van der Waals surface area contributed by atoms with Crippen LogP contribution in [-0.2, 0) is 0 Å². The molecule has 130 valence electrons. The molecule has 0 aromatic heterocycles. The molecule has 2 aromatic carbocycles. The first-order valence-electron chi connectivity index (χ1n) is 8.57. The Labute approximate surface area is 155 Å². The fourth-order valence-electron chi connectivity index (χ4n) is 3.48. The number of anilines is 2. The van der Waals surface area contributed by atoms with Gasteiger partial charge < -0.3 is 4.90 Å². The van der Waals surface area contributed by atoms with E-state index in [0.717, 1.165) is 17.8 Å². The normalized spacial score (nSPS) is 15.9. The van der Waals surface area contributed by atoms with Crippen molar-refractivity contribution in [2.24, 2.45) is 5.10 Å². The van der Waals surface area contributed by atoms with E-state index in [4.69, 9.17) is 11.6 Å². The molecule has 1 aliphatic heterocycles. The van der Waals surface area contributed by atoms with E-state index >= 15 is 0 Å².